The van der Waals surface area contributed by atoms with Crippen LogP contribution >= 0.6 is 0 Å². The summed E-state index contributed by atoms with van der Waals surface area (Å²) in [7, 11) is 1.78. The molecule has 1 saturated carbocycles. The van der Waals surface area contributed by atoms with Crippen molar-refractivity contribution in [2.45, 2.75) is 47.0 Å². The van der Waals surface area contributed by atoms with Gasteiger partial charge in [0.2, 0.25) is 0 Å². The molecule has 148 valence electrons. The number of benzene rings is 2. The van der Waals surface area contributed by atoms with Crippen LogP contribution in [0.2, 0.25) is 0 Å². The van der Waals surface area contributed by atoms with Crippen molar-refractivity contribution < 1.29 is 4.74 Å². The number of ether oxygens (including phenoxy) is 1. The van der Waals surface area contributed by atoms with Crippen LogP contribution < -0.4 is 0 Å². The molecule has 1 nitrogen and oxygen atoms in total. The molecule has 0 aromatic heterocycles. The lowest BCUT2D eigenvalue weighted by atomic mass is 9.98. The van der Waals surface area contributed by atoms with Gasteiger partial charge in [-0.2, -0.15) is 0 Å². The molecular weight excluding hydrogens is 340 g/mol. The third-order valence-corrected chi connectivity index (χ3v) is 5.75. The molecule has 0 saturated heterocycles. The summed E-state index contributed by atoms with van der Waals surface area (Å²) in [6, 6.07) is 18.1. The second kappa shape index (κ2) is 9.28. The standard InChI is InChI=1S/C27H34O/c1-6-20-8-12-22(13-9-20)23-14-10-21(11-15-23)17-24-18-25(24)26(16-19(3)4)27(7-2)28-5/h7-16,19,24-25H,6,17-18H2,1-5H3. The summed E-state index contributed by atoms with van der Waals surface area (Å²) in [5.74, 6) is 2.95. The highest BCUT2D eigenvalue weighted by molar-refractivity contribution is 5.64. The second-order valence-electron chi connectivity index (χ2n) is 8.28. The van der Waals surface area contributed by atoms with Gasteiger partial charge in [0.15, 0.2) is 0 Å². The number of hydrogen-bond acceptors (Lipinski definition) is 1. The highest BCUT2D eigenvalue weighted by atomic mass is 16.5. The highest BCUT2D eigenvalue weighted by Crippen LogP contribution is 2.49. The Hall–Kier alpha value is -2.28. The lowest BCUT2D eigenvalue weighted by molar-refractivity contribution is 0.295. The van der Waals surface area contributed by atoms with Gasteiger partial charge in [-0.05, 0) is 77.8 Å². The molecule has 0 amide bonds. The molecule has 2 aromatic carbocycles. The van der Waals surface area contributed by atoms with Crippen molar-refractivity contribution >= 4 is 0 Å². The maximum atomic E-state index is 5.64. The van der Waals surface area contributed by atoms with Gasteiger partial charge in [0.05, 0.1) is 7.11 Å². The van der Waals surface area contributed by atoms with Gasteiger partial charge >= 0.3 is 0 Å². The van der Waals surface area contributed by atoms with Gasteiger partial charge in [-0.3, -0.25) is 0 Å². The molecule has 1 fully saturated rings. The summed E-state index contributed by atoms with van der Waals surface area (Å²) in [5.41, 5.74) is 6.83. The fraction of sp³-hybridized carbons (Fsp3) is 0.407. The van der Waals surface area contributed by atoms with E-state index in [1.807, 2.05) is 0 Å². The van der Waals surface area contributed by atoms with E-state index in [-0.39, 0.29) is 0 Å². The van der Waals surface area contributed by atoms with Crippen LogP contribution in [0.25, 0.3) is 11.1 Å². The predicted molar refractivity (Wildman–Crippen MR) is 120 cm³/mol. The minimum absolute atomic E-state index is 0.541. The summed E-state index contributed by atoms with van der Waals surface area (Å²) < 4.78 is 5.64. The number of rotatable bonds is 8. The third kappa shape index (κ3) is 4.95. The van der Waals surface area contributed by atoms with E-state index in [1.54, 1.807) is 7.11 Å². The van der Waals surface area contributed by atoms with E-state index in [0.717, 1.165) is 24.5 Å². The minimum atomic E-state index is 0.541. The zero-order valence-electron chi connectivity index (χ0n) is 18.0. The first kappa shape index (κ1) is 20.5. The molecule has 1 aliphatic carbocycles. The van der Waals surface area contributed by atoms with Crippen molar-refractivity contribution in [2.75, 3.05) is 7.11 Å². The Labute approximate surface area is 171 Å². The van der Waals surface area contributed by atoms with Crippen molar-refractivity contribution in [3.63, 3.8) is 0 Å². The number of hydrogen-bond donors (Lipinski definition) is 0. The Kier molecular flexibility index (Phi) is 6.78. The molecule has 0 bridgehead atoms. The zero-order valence-corrected chi connectivity index (χ0v) is 18.0. The lowest BCUT2D eigenvalue weighted by Crippen LogP contribution is -2.00. The van der Waals surface area contributed by atoms with Gasteiger partial charge in [0.25, 0.3) is 0 Å². The first-order chi connectivity index (χ1) is 13.5. The molecule has 0 aliphatic heterocycles. The summed E-state index contributed by atoms with van der Waals surface area (Å²) in [6.45, 7) is 8.75. The Morgan fingerprint density at radius 1 is 1.00 bits per heavy atom. The topological polar surface area (TPSA) is 9.23 Å². The zero-order chi connectivity index (χ0) is 20.1. The van der Waals surface area contributed by atoms with Gasteiger partial charge in [-0.25, -0.2) is 0 Å². The van der Waals surface area contributed by atoms with Crippen LogP contribution in [-0.4, -0.2) is 7.11 Å². The first-order valence-corrected chi connectivity index (χ1v) is 10.7. The minimum Gasteiger partial charge on any atom is -0.497 e. The van der Waals surface area contributed by atoms with Gasteiger partial charge in [0.1, 0.15) is 5.76 Å². The third-order valence-electron chi connectivity index (χ3n) is 5.75. The van der Waals surface area contributed by atoms with Crippen molar-refractivity contribution in [2.24, 2.45) is 17.8 Å². The quantitative estimate of drug-likeness (QED) is 0.350. The summed E-state index contributed by atoms with van der Waals surface area (Å²) in [6.07, 6.45) is 7.98. The average Bonchev–Trinajstić information content (AvgIpc) is 3.47. The first-order valence-electron chi connectivity index (χ1n) is 10.7. The van der Waals surface area contributed by atoms with Crippen molar-refractivity contribution in [1.29, 1.82) is 0 Å². The molecule has 0 spiro atoms. The molecule has 28 heavy (non-hydrogen) atoms. The molecule has 1 heteroatoms. The maximum Gasteiger partial charge on any atom is 0.117 e. The smallest absolute Gasteiger partial charge is 0.117 e. The molecule has 2 atom stereocenters. The number of allylic oxidation sites excluding steroid dienone is 3. The Balaban J connectivity index is 1.66. The molecule has 0 heterocycles. The predicted octanol–water partition coefficient (Wildman–Crippen LogP) is 7.23. The van der Waals surface area contributed by atoms with Crippen LogP contribution in [0.1, 0.15) is 45.2 Å². The van der Waals surface area contributed by atoms with Crippen LogP contribution in [0.4, 0.5) is 0 Å². The second-order valence-corrected chi connectivity index (χ2v) is 8.28. The Bertz CT molecular complexity index is 822. The van der Waals surface area contributed by atoms with E-state index in [1.165, 1.54) is 34.2 Å². The Morgan fingerprint density at radius 2 is 1.57 bits per heavy atom. The summed E-state index contributed by atoms with van der Waals surface area (Å²) in [4.78, 5) is 0. The average molecular weight is 375 g/mol. The molecular formula is C27H34O. The van der Waals surface area contributed by atoms with Crippen molar-refractivity contribution in [3.05, 3.63) is 83.1 Å². The van der Waals surface area contributed by atoms with Gasteiger partial charge in [-0.15, -0.1) is 0 Å². The van der Waals surface area contributed by atoms with Crippen LogP contribution in [0.5, 0.6) is 0 Å². The number of methoxy groups -OCH3 is 1. The fourth-order valence-corrected chi connectivity index (χ4v) is 4.07. The van der Waals surface area contributed by atoms with Crippen LogP contribution in [0.3, 0.4) is 0 Å². The highest BCUT2D eigenvalue weighted by Gasteiger charge is 2.40. The van der Waals surface area contributed by atoms with Gasteiger partial charge < -0.3 is 4.74 Å². The fourth-order valence-electron chi connectivity index (χ4n) is 4.07. The molecule has 0 N–H and O–H groups in total. The lowest BCUT2D eigenvalue weighted by Gasteiger charge is -2.13. The molecule has 1 aliphatic rings. The van der Waals surface area contributed by atoms with E-state index >= 15 is 0 Å². The summed E-state index contributed by atoms with van der Waals surface area (Å²) >= 11 is 0. The molecule has 2 unspecified atom stereocenters. The summed E-state index contributed by atoms with van der Waals surface area (Å²) in [5, 5.41) is 0. The maximum absolute atomic E-state index is 5.64. The number of aryl methyl sites for hydroxylation is 1. The Morgan fingerprint density at radius 3 is 2.04 bits per heavy atom. The van der Waals surface area contributed by atoms with Crippen molar-refractivity contribution in [3.8, 4) is 11.1 Å². The van der Waals surface area contributed by atoms with E-state index in [0.29, 0.717) is 11.8 Å². The normalized spacial score (nSPS) is 19.8. The van der Waals surface area contributed by atoms with E-state index in [9.17, 15) is 0 Å². The van der Waals surface area contributed by atoms with Crippen LogP contribution in [-0.2, 0) is 17.6 Å². The largest absolute Gasteiger partial charge is 0.497 e. The van der Waals surface area contributed by atoms with Crippen LogP contribution in [0.15, 0.2) is 72.0 Å². The van der Waals surface area contributed by atoms with E-state index < -0.39 is 0 Å². The van der Waals surface area contributed by atoms with Gasteiger partial charge in [0, 0.05) is 0 Å². The SMILES string of the molecule is CC=C(OC)C(=CC(C)C)C1CC1Cc1ccc(-c2ccc(CC)cc2)cc1. The molecule has 3 rings (SSSR count). The van der Waals surface area contributed by atoms with E-state index in [4.69, 9.17) is 4.74 Å². The monoisotopic (exact) mass is 374 g/mol. The van der Waals surface area contributed by atoms with Crippen LogP contribution in [0, 0.1) is 17.8 Å². The van der Waals surface area contributed by atoms with Gasteiger partial charge in [-0.1, -0.05) is 75.4 Å². The molecule has 0 radical (unpaired) electrons. The van der Waals surface area contributed by atoms with Crippen molar-refractivity contribution in [1.82, 2.24) is 0 Å². The van der Waals surface area contributed by atoms with E-state index in [2.05, 4.69) is 88.4 Å². The molecule has 2 aromatic rings.